The number of unbranched alkanes of at least 4 members (excludes halogenated alkanes) is 2. The van der Waals surface area contributed by atoms with Gasteiger partial charge in [-0.3, -0.25) is 0 Å². The van der Waals surface area contributed by atoms with Crippen LogP contribution in [0.1, 0.15) is 53.9 Å². The SMILES string of the molecule is CCCCC#C[B-](F)(F)F.CC[N+](CC)(CC)CC. The monoisotopic (exact) mass is 279 g/mol. The Labute approximate surface area is 117 Å². The molecular formula is C14H29BF3N. The normalized spacial score (nSPS) is 11.2. The molecule has 0 aliphatic rings. The quantitative estimate of drug-likeness (QED) is 0.291. The molecule has 0 fully saturated rings. The molecule has 114 valence electrons. The second-order valence-corrected chi connectivity index (χ2v) is 4.61. The first-order chi connectivity index (χ1) is 8.80. The second-order valence-electron chi connectivity index (χ2n) is 4.61. The Balaban J connectivity index is 0. The maximum Gasteiger partial charge on any atom is 0.557 e. The smallest absolute Gasteiger partial charge is 0.438 e. The predicted molar refractivity (Wildman–Crippen MR) is 78.8 cm³/mol. The number of quaternary nitrogens is 1. The summed E-state index contributed by atoms with van der Waals surface area (Å²) in [6.45, 7) is 11.3. The van der Waals surface area contributed by atoms with Crippen molar-refractivity contribution in [1.29, 1.82) is 0 Å². The Morgan fingerprint density at radius 2 is 1.26 bits per heavy atom. The van der Waals surface area contributed by atoms with Crippen LogP contribution in [0.25, 0.3) is 0 Å². The topological polar surface area (TPSA) is 0 Å². The van der Waals surface area contributed by atoms with Crippen molar-refractivity contribution >= 4 is 6.98 Å². The van der Waals surface area contributed by atoms with E-state index in [1.165, 1.54) is 36.5 Å². The van der Waals surface area contributed by atoms with Crippen LogP contribution in [0.3, 0.4) is 0 Å². The van der Waals surface area contributed by atoms with Crippen LogP contribution in [-0.4, -0.2) is 37.6 Å². The zero-order chi connectivity index (χ0) is 15.4. The van der Waals surface area contributed by atoms with E-state index in [0.29, 0.717) is 6.42 Å². The maximum atomic E-state index is 11.4. The molecule has 0 atom stereocenters. The van der Waals surface area contributed by atoms with E-state index < -0.39 is 6.98 Å². The highest BCUT2D eigenvalue weighted by atomic mass is 19.4. The molecule has 1 nitrogen and oxygen atoms in total. The van der Waals surface area contributed by atoms with Gasteiger partial charge in [-0.05, 0) is 34.1 Å². The molecule has 0 aromatic rings. The van der Waals surface area contributed by atoms with Crippen LogP contribution >= 0.6 is 0 Å². The number of hydrogen-bond donors (Lipinski definition) is 0. The molecule has 5 heteroatoms. The lowest BCUT2D eigenvalue weighted by molar-refractivity contribution is -0.921. The van der Waals surface area contributed by atoms with Crippen molar-refractivity contribution in [3.63, 3.8) is 0 Å². The molecule has 0 aliphatic heterocycles. The Bertz CT molecular complexity index is 245. The summed E-state index contributed by atoms with van der Waals surface area (Å²) in [5.74, 6) is 3.35. The van der Waals surface area contributed by atoms with Crippen LogP contribution in [0.4, 0.5) is 12.9 Å². The lowest BCUT2D eigenvalue weighted by atomic mass is 9.94. The third-order valence-electron chi connectivity index (χ3n) is 3.60. The zero-order valence-electron chi connectivity index (χ0n) is 13.1. The number of hydrogen-bond acceptors (Lipinski definition) is 0. The first-order valence-electron chi connectivity index (χ1n) is 7.35. The molecule has 19 heavy (non-hydrogen) atoms. The highest BCUT2D eigenvalue weighted by molar-refractivity contribution is 6.67. The van der Waals surface area contributed by atoms with Gasteiger partial charge in [0.05, 0.1) is 26.2 Å². The van der Waals surface area contributed by atoms with Crippen LogP contribution in [0.5, 0.6) is 0 Å². The third-order valence-corrected chi connectivity index (χ3v) is 3.60. The van der Waals surface area contributed by atoms with Crippen molar-refractivity contribution in [1.82, 2.24) is 0 Å². The van der Waals surface area contributed by atoms with Gasteiger partial charge in [-0.2, -0.15) is 0 Å². The molecule has 0 aromatic heterocycles. The molecule has 0 aliphatic carbocycles. The summed E-state index contributed by atoms with van der Waals surface area (Å²) in [7, 11) is 0. The summed E-state index contributed by atoms with van der Waals surface area (Å²) >= 11 is 0. The highest BCUT2D eigenvalue weighted by Gasteiger charge is 2.17. The molecule has 0 saturated heterocycles. The fourth-order valence-electron chi connectivity index (χ4n) is 1.79. The summed E-state index contributed by atoms with van der Waals surface area (Å²) < 4.78 is 35.4. The molecule has 0 N–H and O–H groups in total. The number of halogens is 3. The van der Waals surface area contributed by atoms with Gasteiger partial charge in [0.25, 0.3) is 0 Å². The van der Waals surface area contributed by atoms with Crippen LogP contribution in [0.15, 0.2) is 0 Å². The lowest BCUT2D eigenvalue weighted by Crippen LogP contribution is -2.47. The fourth-order valence-corrected chi connectivity index (χ4v) is 1.79. The van der Waals surface area contributed by atoms with Gasteiger partial charge in [0.1, 0.15) is 0 Å². The van der Waals surface area contributed by atoms with E-state index in [1.807, 2.05) is 6.92 Å². The van der Waals surface area contributed by atoms with Crippen molar-refractivity contribution in [2.75, 3.05) is 26.2 Å². The van der Waals surface area contributed by atoms with Crippen molar-refractivity contribution in [2.45, 2.75) is 53.9 Å². The van der Waals surface area contributed by atoms with E-state index in [0.717, 1.165) is 12.8 Å². The van der Waals surface area contributed by atoms with E-state index in [9.17, 15) is 12.9 Å². The largest absolute Gasteiger partial charge is 0.557 e. The summed E-state index contributed by atoms with van der Waals surface area (Å²) in [6, 6.07) is 0. The van der Waals surface area contributed by atoms with Gasteiger partial charge < -0.3 is 17.4 Å². The van der Waals surface area contributed by atoms with E-state index in [-0.39, 0.29) is 0 Å². The molecule has 0 bridgehead atoms. The molecule has 0 aromatic carbocycles. The summed E-state index contributed by atoms with van der Waals surface area (Å²) in [5, 5.41) is 0. The highest BCUT2D eigenvalue weighted by Crippen LogP contribution is 2.05. The van der Waals surface area contributed by atoms with Crippen LogP contribution < -0.4 is 0 Å². The van der Waals surface area contributed by atoms with Crippen molar-refractivity contribution < 1.29 is 17.4 Å². The van der Waals surface area contributed by atoms with E-state index in [4.69, 9.17) is 0 Å². The summed E-state index contributed by atoms with van der Waals surface area (Å²) in [6.07, 6.45) is 2.00. The third kappa shape index (κ3) is 12.2. The standard InChI is InChI=1S/C8H20N.C6H9BF3/c1-5-9(6-2,7-3)8-4;1-2-3-4-5-6-7(8,9)10/h5-8H2,1-4H3;2-4H2,1H3/q+1;-1. The Hall–Kier alpha value is -0.625. The molecule has 0 saturated carbocycles. The van der Waals surface area contributed by atoms with Gasteiger partial charge in [0, 0.05) is 6.42 Å². The van der Waals surface area contributed by atoms with Gasteiger partial charge in [-0.1, -0.05) is 13.3 Å². The summed E-state index contributed by atoms with van der Waals surface area (Å²) in [4.78, 5) is 0. The average molecular weight is 279 g/mol. The maximum absolute atomic E-state index is 11.4. The van der Waals surface area contributed by atoms with Gasteiger partial charge in [0.15, 0.2) is 0 Å². The first kappa shape index (κ1) is 20.7. The molecular weight excluding hydrogens is 250 g/mol. The molecule has 0 radical (unpaired) electrons. The second kappa shape index (κ2) is 11.2. The van der Waals surface area contributed by atoms with Crippen molar-refractivity contribution in [3.8, 4) is 11.7 Å². The zero-order valence-corrected chi connectivity index (χ0v) is 13.1. The van der Waals surface area contributed by atoms with E-state index >= 15 is 0 Å². The minimum atomic E-state index is -4.88. The van der Waals surface area contributed by atoms with E-state index in [2.05, 4.69) is 33.6 Å². The molecule has 0 unspecified atom stereocenters. The summed E-state index contributed by atoms with van der Waals surface area (Å²) in [5.41, 5.74) is 0. The molecule has 0 amide bonds. The van der Waals surface area contributed by atoms with Crippen molar-refractivity contribution in [2.24, 2.45) is 0 Å². The Morgan fingerprint density at radius 1 is 0.842 bits per heavy atom. The van der Waals surface area contributed by atoms with Gasteiger partial charge >= 0.3 is 6.98 Å². The molecule has 0 heterocycles. The number of rotatable bonds is 6. The number of nitrogens with zero attached hydrogens (tertiary/aromatic N) is 1. The minimum absolute atomic E-state index is 0.359. The predicted octanol–water partition coefficient (Wildman–Crippen LogP) is 4.45. The first-order valence-corrected chi connectivity index (χ1v) is 7.35. The van der Waals surface area contributed by atoms with Crippen LogP contribution in [0, 0.1) is 11.7 Å². The van der Waals surface area contributed by atoms with Crippen molar-refractivity contribution in [3.05, 3.63) is 0 Å². The van der Waals surface area contributed by atoms with Gasteiger partial charge in [-0.15, -0.1) is 5.92 Å². The minimum Gasteiger partial charge on any atom is -0.438 e. The van der Waals surface area contributed by atoms with Gasteiger partial charge in [0.2, 0.25) is 0 Å². The Kier molecular flexibility index (Phi) is 12.2. The van der Waals surface area contributed by atoms with Crippen LogP contribution in [0.2, 0.25) is 0 Å². The molecule has 0 spiro atoms. The van der Waals surface area contributed by atoms with Crippen LogP contribution in [-0.2, 0) is 0 Å². The molecule has 0 rings (SSSR count). The average Bonchev–Trinajstić information content (AvgIpc) is 2.38. The van der Waals surface area contributed by atoms with Gasteiger partial charge in [-0.25, -0.2) is 5.82 Å². The lowest BCUT2D eigenvalue weighted by Gasteiger charge is -2.34. The fraction of sp³-hybridized carbons (Fsp3) is 0.857. The van der Waals surface area contributed by atoms with E-state index in [1.54, 1.807) is 0 Å². The Morgan fingerprint density at radius 3 is 1.47 bits per heavy atom.